The minimum absolute atomic E-state index is 0.126. The van der Waals surface area contributed by atoms with Gasteiger partial charge in [0.1, 0.15) is 0 Å². The van der Waals surface area contributed by atoms with Crippen molar-refractivity contribution < 1.29 is 9.47 Å². The fraction of sp³-hybridized carbons (Fsp3) is 0.769. The van der Waals surface area contributed by atoms with Gasteiger partial charge in [-0.15, -0.1) is 0 Å². The number of hydrogen-bond donors (Lipinski definition) is 1. The highest BCUT2D eigenvalue weighted by molar-refractivity contribution is 9.10. The Morgan fingerprint density at radius 1 is 1.42 bits per heavy atom. The summed E-state index contributed by atoms with van der Waals surface area (Å²) < 4.78 is 13.7. The molecule has 1 unspecified atom stereocenters. The summed E-state index contributed by atoms with van der Waals surface area (Å²) in [6, 6.07) is 0.447. The lowest BCUT2D eigenvalue weighted by molar-refractivity contribution is 0.0573. The van der Waals surface area contributed by atoms with Gasteiger partial charge in [0.05, 0.1) is 42.2 Å². The van der Waals surface area contributed by atoms with Crippen LogP contribution in [0.2, 0.25) is 0 Å². The van der Waals surface area contributed by atoms with E-state index in [2.05, 4.69) is 47.1 Å². The van der Waals surface area contributed by atoms with E-state index in [-0.39, 0.29) is 6.04 Å². The first-order chi connectivity index (χ1) is 9.11. The molecule has 5 nitrogen and oxygen atoms in total. The highest BCUT2D eigenvalue weighted by Crippen LogP contribution is 2.26. The number of methoxy groups -OCH3 is 1. The largest absolute Gasteiger partial charge is 0.382 e. The van der Waals surface area contributed by atoms with Gasteiger partial charge in [-0.1, -0.05) is 6.92 Å². The molecule has 0 saturated carbocycles. The standard InChI is InChI=1S/C13H24BrN3O2/c1-5-15-12(9-19-7-6-18-4)13-11(14)8-16-17(13)10(2)3/h8,10,12,15H,5-7,9H2,1-4H3. The van der Waals surface area contributed by atoms with Crippen LogP contribution in [0, 0.1) is 0 Å². The van der Waals surface area contributed by atoms with E-state index >= 15 is 0 Å². The molecule has 1 atom stereocenters. The SMILES string of the molecule is CCNC(COCCOC)c1c(Br)cnn1C(C)C. The third-order valence-electron chi connectivity index (χ3n) is 2.77. The number of halogens is 1. The Morgan fingerprint density at radius 3 is 2.74 bits per heavy atom. The molecule has 1 rings (SSSR count). The number of likely N-dealkylation sites (N-methyl/N-ethyl adjacent to an activating group) is 1. The molecule has 1 aromatic heterocycles. The molecule has 0 aliphatic carbocycles. The fourth-order valence-corrected chi connectivity index (χ4v) is 2.46. The molecule has 0 aromatic carbocycles. The molecule has 0 aliphatic heterocycles. The highest BCUT2D eigenvalue weighted by atomic mass is 79.9. The first kappa shape index (κ1) is 16.6. The average Bonchev–Trinajstić information content (AvgIpc) is 2.75. The van der Waals surface area contributed by atoms with Crippen molar-refractivity contribution in [3.63, 3.8) is 0 Å². The van der Waals surface area contributed by atoms with Crippen molar-refractivity contribution in [2.45, 2.75) is 32.9 Å². The van der Waals surface area contributed by atoms with E-state index in [0.717, 1.165) is 16.7 Å². The van der Waals surface area contributed by atoms with Gasteiger partial charge in [-0.05, 0) is 36.3 Å². The predicted molar refractivity (Wildman–Crippen MR) is 79.4 cm³/mol. The zero-order valence-electron chi connectivity index (χ0n) is 12.1. The van der Waals surface area contributed by atoms with Crippen molar-refractivity contribution in [2.75, 3.05) is 33.5 Å². The summed E-state index contributed by atoms with van der Waals surface area (Å²) in [5, 5.41) is 7.85. The van der Waals surface area contributed by atoms with Gasteiger partial charge in [0.15, 0.2) is 0 Å². The van der Waals surface area contributed by atoms with Crippen LogP contribution in [0.25, 0.3) is 0 Å². The Hall–Kier alpha value is -0.430. The molecule has 1 heterocycles. The Bertz CT molecular complexity index is 369. The molecule has 0 aliphatic rings. The third-order valence-corrected chi connectivity index (χ3v) is 3.38. The molecule has 6 heteroatoms. The van der Waals surface area contributed by atoms with Crippen molar-refractivity contribution in [3.8, 4) is 0 Å². The fourth-order valence-electron chi connectivity index (χ4n) is 1.91. The molecule has 0 radical (unpaired) electrons. The Balaban J connectivity index is 2.77. The maximum absolute atomic E-state index is 5.65. The van der Waals surface area contributed by atoms with Gasteiger partial charge in [0.25, 0.3) is 0 Å². The summed E-state index contributed by atoms with van der Waals surface area (Å²) in [5.74, 6) is 0. The average molecular weight is 334 g/mol. The van der Waals surface area contributed by atoms with Crippen LogP contribution in [0.3, 0.4) is 0 Å². The molecule has 0 spiro atoms. The molecular weight excluding hydrogens is 310 g/mol. The van der Waals surface area contributed by atoms with Crippen molar-refractivity contribution >= 4 is 15.9 Å². The molecule has 110 valence electrons. The summed E-state index contributed by atoms with van der Waals surface area (Å²) in [5.41, 5.74) is 1.13. The van der Waals surface area contributed by atoms with Crippen molar-refractivity contribution in [1.29, 1.82) is 0 Å². The van der Waals surface area contributed by atoms with E-state index in [0.29, 0.717) is 25.9 Å². The van der Waals surface area contributed by atoms with Gasteiger partial charge in [0, 0.05) is 13.2 Å². The minimum Gasteiger partial charge on any atom is -0.382 e. The summed E-state index contributed by atoms with van der Waals surface area (Å²) in [6.45, 7) is 9.04. The van der Waals surface area contributed by atoms with Gasteiger partial charge >= 0.3 is 0 Å². The molecule has 0 saturated heterocycles. The van der Waals surface area contributed by atoms with Crippen LogP contribution in [0.4, 0.5) is 0 Å². The quantitative estimate of drug-likeness (QED) is 0.705. The smallest absolute Gasteiger partial charge is 0.0741 e. The van der Waals surface area contributed by atoms with E-state index in [1.807, 2.05) is 10.9 Å². The van der Waals surface area contributed by atoms with E-state index in [9.17, 15) is 0 Å². The Morgan fingerprint density at radius 2 is 2.16 bits per heavy atom. The van der Waals surface area contributed by atoms with Crippen molar-refractivity contribution in [2.24, 2.45) is 0 Å². The molecule has 1 aromatic rings. The Kier molecular flexibility index (Phi) is 7.60. The lowest BCUT2D eigenvalue weighted by Crippen LogP contribution is -2.29. The molecule has 0 fully saturated rings. The van der Waals surface area contributed by atoms with Crippen molar-refractivity contribution in [3.05, 3.63) is 16.4 Å². The van der Waals surface area contributed by atoms with Crippen LogP contribution >= 0.6 is 15.9 Å². The second-order valence-electron chi connectivity index (χ2n) is 4.59. The topological polar surface area (TPSA) is 48.3 Å². The number of aromatic nitrogens is 2. The number of rotatable bonds is 9. The molecule has 1 N–H and O–H groups in total. The summed E-state index contributed by atoms with van der Waals surface area (Å²) in [6.07, 6.45) is 1.84. The zero-order valence-corrected chi connectivity index (χ0v) is 13.7. The van der Waals surface area contributed by atoms with Crippen LogP contribution in [0.5, 0.6) is 0 Å². The molecular formula is C13H24BrN3O2. The normalized spacial score (nSPS) is 13.2. The van der Waals surface area contributed by atoms with E-state index in [4.69, 9.17) is 9.47 Å². The number of nitrogens with zero attached hydrogens (tertiary/aromatic N) is 2. The molecule has 0 amide bonds. The predicted octanol–water partition coefficient (Wildman–Crippen LogP) is 2.54. The van der Waals surface area contributed by atoms with Crippen LogP contribution < -0.4 is 5.32 Å². The first-order valence-electron chi connectivity index (χ1n) is 6.64. The minimum atomic E-state index is 0.126. The highest BCUT2D eigenvalue weighted by Gasteiger charge is 2.20. The molecule has 19 heavy (non-hydrogen) atoms. The van der Waals surface area contributed by atoms with Crippen molar-refractivity contribution in [1.82, 2.24) is 15.1 Å². The van der Waals surface area contributed by atoms with Crippen LogP contribution in [0.1, 0.15) is 38.5 Å². The lowest BCUT2D eigenvalue weighted by atomic mass is 10.2. The number of hydrogen-bond acceptors (Lipinski definition) is 4. The van der Waals surface area contributed by atoms with Gasteiger partial charge in [0.2, 0.25) is 0 Å². The van der Waals surface area contributed by atoms with Gasteiger partial charge in [-0.2, -0.15) is 5.10 Å². The van der Waals surface area contributed by atoms with Crippen LogP contribution in [-0.4, -0.2) is 43.3 Å². The summed E-state index contributed by atoms with van der Waals surface area (Å²) in [7, 11) is 1.68. The van der Waals surface area contributed by atoms with E-state index in [1.165, 1.54) is 0 Å². The van der Waals surface area contributed by atoms with Crippen LogP contribution in [0.15, 0.2) is 10.7 Å². The Labute approximate surface area is 123 Å². The van der Waals surface area contributed by atoms with Gasteiger partial charge in [-0.3, -0.25) is 4.68 Å². The van der Waals surface area contributed by atoms with E-state index < -0.39 is 0 Å². The summed E-state index contributed by atoms with van der Waals surface area (Å²) in [4.78, 5) is 0. The second-order valence-corrected chi connectivity index (χ2v) is 5.45. The monoisotopic (exact) mass is 333 g/mol. The number of ether oxygens (including phenoxy) is 2. The third kappa shape index (κ3) is 4.87. The number of nitrogens with one attached hydrogen (secondary N) is 1. The maximum atomic E-state index is 5.65. The molecule has 0 bridgehead atoms. The second kappa shape index (κ2) is 8.68. The van der Waals surface area contributed by atoms with E-state index in [1.54, 1.807) is 7.11 Å². The van der Waals surface area contributed by atoms with Gasteiger partial charge in [-0.25, -0.2) is 0 Å². The first-order valence-corrected chi connectivity index (χ1v) is 7.44. The maximum Gasteiger partial charge on any atom is 0.0741 e. The zero-order chi connectivity index (χ0) is 14.3. The van der Waals surface area contributed by atoms with Crippen LogP contribution in [-0.2, 0) is 9.47 Å². The van der Waals surface area contributed by atoms with Gasteiger partial charge < -0.3 is 14.8 Å². The lowest BCUT2D eigenvalue weighted by Gasteiger charge is -2.21. The summed E-state index contributed by atoms with van der Waals surface area (Å²) >= 11 is 3.58.